The summed E-state index contributed by atoms with van der Waals surface area (Å²) in [4.78, 5) is 32.9. The van der Waals surface area contributed by atoms with E-state index in [1.807, 2.05) is 25.1 Å². The highest BCUT2D eigenvalue weighted by molar-refractivity contribution is 6.28. The summed E-state index contributed by atoms with van der Waals surface area (Å²) in [6, 6.07) is 10.8. The minimum Gasteiger partial charge on any atom is -0.434 e. The summed E-state index contributed by atoms with van der Waals surface area (Å²) in [7, 11) is 0. The Morgan fingerprint density at radius 2 is 2.00 bits per heavy atom. The molecule has 0 amide bonds. The standard InChI is InChI=1S/C26H27ClN4O7/c1-3-5-13-34-25(33)37-19-14-20(31-12-11-18-21(28)29-23(27)30-22(18)31)38-26(19,4-2)16-36-24(32)35-15-17-9-7-6-8-10-17/h2,6-12,19-20H,3,5,13-16H2,1H3,(H2,28,29,30)/t19-,20+,26+/m0/s1. The maximum Gasteiger partial charge on any atom is 0.508 e. The normalized spacial score (nSPS) is 20.6. The summed E-state index contributed by atoms with van der Waals surface area (Å²) in [5, 5.41) is 0.501. The van der Waals surface area contributed by atoms with Crippen LogP contribution in [0.4, 0.5) is 15.4 Å². The van der Waals surface area contributed by atoms with Gasteiger partial charge in [-0.15, -0.1) is 6.42 Å². The van der Waals surface area contributed by atoms with E-state index >= 15 is 0 Å². The first kappa shape index (κ1) is 27.0. The van der Waals surface area contributed by atoms with Gasteiger partial charge in [0, 0.05) is 12.6 Å². The summed E-state index contributed by atoms with van der Waals surface area (Å²) in [6.45, 7) is 1.71. The first-order valence-electron chi connectivity index (χ1n) is 12.0. The van der Waals surface area contributed by atoms with E-state index in [1.54, 1.807) is 29.0 Å². The Labute approximate surface area is 224 Å². The van der Waals surface area contributed by atoms with Gasteiger partial charge in [0.25, 0.3) is 0 Å². The average Bonchev–Trinajstić information content (AvgIpc) is 3.49. The number of hydrogen-bond acceptors (Lipinski definition) is 10. The van der Waals surface area contributed by atoms with Gasteiger partial charge in [-0.25, -0.2) is 14.6 Å². The summed E-state index contributed by atoms with van der Waals surface area (Å²) in [6.07, 6.45) is 5.48. The van der Waals surface area contributed by atoms with E-state index in [0.29, 0.717) is 17.5 Å². The number of hydrogen-bond donors (Lipinski definition) is 1. The maximum atomic E-state index is 12.4. The number of carbonyl (C=O) groups is 2. The van der Waals surface area contributed by atoms with Crippen LogP contribution in [0.2, 0.25) is 5.28 Å². The molecular formula is C26H27ClN4O7. The molecule has 3 aromatic rings. The molecule has 1 aromatic carbocycles. The number of fused-ring (bicyclic) bond motifs is 1. The second kappa shape index (κ2) is 12.0. The summed E-state index contributed by atoms with van der Waals surface area (Å²) in [5.41, 5.74) is 5.51. The molecule has 0 unspecified atom stereocenters. The number of ether oxygens (including phenoxy) is 5. The van der Waals surface area contributed by atoms with E-state index in [4.69, 9.17) is 47.4 Å². The maximum absolute atomic E-state index is 12.4. The minimum atomic E-state index is -1.64. The van der Waals surface area contributed by atoms with Crippen LogP contribution in [0.5, 0.6) is 0 Å². The molecular weight excluding hydrogens is 516 g/mol. The van der Waals surface area contributed by atoms with E-state index in [0.717, 1.165) is 12.0 Å². The molecule has 4 rings (SSSR count). The second-order valence-corrected chi connectivity index (χ2v) is 8.89. The Kier molecular flexibility index (Phi) is 8.55. The molecule has 3 atom stereocenters. The largest absolute Gasteiger partial charge is 0.508 e. The molecule has 0 spiro atoms. The van der Waals surface area contributed by atoms with Gasteiger partial charge in [-0.3, -0.25) is 0 Å². The number of nitrogens with zero attached hydrogens (tertiary/aromatic N) is 3. The van der Waals surface area contributed by atoms with E-state index in [9.17, 15) is 9.59 Å². The van der Waals surface area contributed by atoms with Gasteiger partial charge in [-0.2, -0.15) is 4.98 Å². The Morgan fingerprint density at radius 3 is 2.74 bits per heavy atom. The topological polar surface area (TPSA) is 137 Å². The second-order valence-electron chi connectivity index (χ2n) is 8.55. The van der Waals surface area contributed by atoms with Gasteiger partial charge >= 0.3 is 12.3 Å². The van der Waals surface area contributed by atoms with Gasteiger partial charge in [0.1, 0.15) is 30.9 Å². The number of halogens is 1. The third-order valence-corrected chi connectivity index (χ3v) is 6.14. The molecule has 2 N–H and O–H groups in total. The van der Waals surface area contributed by atoms with E-state index in [1.165, 1.54) is 0 Å². The number of aromatic nitrogens is 3. The number of rotatable bonds is 9. The highest BCUT2D eigenvalue weighted by atomic mass is 35.5. The number of nitrogens with two attached hydrogens (primary N) is 1. The Morgan fingerprint density at radius 1 is 1.21 bits per heavy atom. The molecule has 1 saturated heterocycles. The van der Waals surface area contributed by atoms with Crippen LogP contribution in [-0.2, 0) is 30.3 Å². The molecule has 38 heavy (non-hydrogen) atoms. The molecule has 0 aliphatic carbocycles. The fourth-order valence-corrected chi connectivity index (χ4v) is 4.16. The van der Waals surface area contributed by atoms with E-state index < -0.39 is 36.9 Å². The van der Waals surface area contributed by atoms with Gasteiger partial charge in [0.05, 0.1) is 12.0 Å². The third kappa shape index (κ3) is 6.10. The van der Waals surface area contributed by atoms with E-state index in [2.05, 4.69) is 15.9 Å². The number of anilines is 1. The van der Waals surface area contributed by atoms with Crippen molar-refractivity contribution >= 4 is 40.8 Å². The van der Waals surface area contributed by atoms with Crippen molar-refractivity contribution in [2.45, 2.75) is 50.7 Å². The summed E-state index contributed by atoms with van der Waals surface area (Å²) >= 11 is 6.01. The lowest BCUT2D eigenvalue weighted by atomic mass is 9.98. The Bertz CT molecular complexity index is 1330. The van der Waals surface area contributed by atoms with Gasteiger partial charge in [0.15, 0.2) is 6.10 Å². The van der Waals surface area contributed by atoms with Crippen molar-refractivity contribution in [1.82, 2.24) is 14.5 Å². The zero-order chi connectivity index (χ0) is 27.1. The summed E-state index contributed by atoms with van der Waals surface area (Å²) < 4.78 is 29.0. The lowest BCUT2D eigenvalue weighted by Gasteiger charge is -2.28. The molecule has 1 aliphatic heterocycles. The number of nitrogen functional groups attached to an aromatic ring is 1. The molecule has 0 saturated carbocycles. The molecule has 1 fully saturated rings. The predicted molar refractivity (Wildman–Crippen MR) is 137 cm³/mol. The van der Waals surface area contributed by atoms with Crippen molar-refractivity contribution in [3.8, 4) is 12.3 Å². The molecule has 200 valence electrons. The molecule has 0 radical (unpaired) electrons. The highest BCUT2D eigenvalue weighted by Crippen LogP contribution is 2.41. The third-order valence-electron chi connectivity index (χ3n) is 5.97. The zero-order valence-electron chi connectivity index (χ0n) is 20.7. The van der Waals surface area contributed by atoms with E-state index in [-0.39, 0.29) is 30.7 Å². The zero-order valence-corrected chi connectivity index (χ0v) is 21.4. The molecule has 12 heteroatoms. The van der Waals surface area contributed by atoms with Crippen molar-refractivity contribution in [3.63, 3.8) is 0 Å². The fourth-order valence-electron chi connectivity index (χ4n) is 3.99. The van der Waals surface area contributed by atoms with Crippen molar-refractivity contribution in [3.05, 3.63) is 53.4 Å². The van der Waals surface area contributed by atoms with Gasteiger partial charge in [0.2, 0.25) is 10.9 Å². The van der Waals surface area contributed by atoms with Gasteiger partial charge in [-0.05, 0) is 29.7 Å². The average molecular weight is 543 g/mol. The van der Waals surface area contributed by atoms with Gasteiger partial charge < -0.3 is 34.0 Å². The van der Waals surface area contributed by atoms with Gasteiger partial charge in [-0.1, -0.05) is 49.6 Å². The molecule has 2 aromatic heterocycles. The monoisotopic (exact) mass is 542 g/mol. The van der Waals surface area contributed by atoms with Crippen LogP contribution in [0.3, 0.4) is 0 Å². The van der Waals surface area contributed by atoms with Crippen LogP contribution in [0.25, 0.3) is 11.0 Å². The number of unbranched alkanes of at least 4 members (excludes halogenated alkanes) is 1. The summed E-state index contributed by atoms with van der Waals surface area (Å²) in [5.74, 6) is 2.70. The molecule has 1 aliphatic rings. The van der Waals surface area contributed by atoms with Crippen LogP contribution >= 0.6 is 11.6 Å². The minimum absolute atomic E-state index is 0.00708. The van der Waals surface area contributed by atoms with Crippen molar-refractivity contribution in [2.75, 3.05) is 18.9 Å². The fraction of sp³-hybridized carbons (Fsp3) is 0.385. The lowest BCUT2D eigenvalue weighted by molar-refractivity contribution is -0.105. The molecule has 11 nitrogen and oxygen atoms in total. The van der Waals surface area contributed by atoms with Crippen LogP contribution in [0, 0.1) is 12.3 Å². The molecule has 3 heterocycles. The van der Waals surface area contributed by atoms with Crippen molar-refractivity contribution in [1.29, 1.82) is 0 Å². The SMILES string of the molecule is C#C[C@]1(COC(=O)OCc2ccccc2)O[C@@H](n2ccc3c(N)nc(Cl)nc32)C[C@@H]1OC(=O)OCCCC. The lowest BCUT2D eigenvalue weighted by Crippen LogP contribution is -2.45. The van der Waals surface area contributed by atoms with Crippen LogP contribution in [0.1, 0.15) is 38.0 Å². The smallest absolute Gasteiger partial charge is 0.434 e. The predicted octanol–water partition coefficient (Wildman–Crippen LogP) is 4.63. The molecule has 0 bridgehead atoms. The first-order chi connectivity index (χ1) is 18.3. The number of terminal acetylenes is 1. The first-order valence-corrected chi connectivity index (χ1v) is 12.3. The number of benzene rings is 1. The van der Waals surface area contributed by atoms with Crippen molar-refractivity contribution < 1.29 is 33.3 Å². The van der Waals surface area contributed by atoms with Crippen LogP contribution in [-0.4, -0.2) is 51.8 Å². The van der Waals surface area contributed by atoms with Crippen LogP contribution < -0.4 is 5.73 Å². The Hall–Kier alpha value is -4.01. The Balaban J connectivity index is 1.52. The quantitative estimate of drug-likeness (QED) is 0.176. The van der Waals surface area contributed by atoms with Crippen molar-refractivity contribution in [2.24, 2.45) is 0 Å². The number of carbonyl (C=O) groups excluding carboxylic acids is 2. The van der Waals surface area contributed by atoms with Crippen LogP contribution in [0.15, 0.2) is 42.6 Å². The highest BCUT2D eigenvalue weighted by Gasteiger charge is 2.52.